The van der Waals surface area contributed by atoms with E-state index in [4.69, 9.17) is 4.74 Å². The fourth-order valence-corrected chi connectivity index (χ4v) is 1.72. The zero-order valence-corrected chi connectivity index (χ0v) is 12.8. The molecule has 1 unspecified atom stereocenters. The van der Waals surface area contributed by atoms with Gasteiger partial charge < -0.3 is 15.2 Å². The zero-order valence-electron chi connectivity index (χ0n) is 12.8. The Balaban J connectivity index is 4.54. The number of hydrogen-bond donors (Lipinski definition) is 2. The van der Waals surface area contributed by atoms with E-state index in [2.05, 4.69) is 19.2 Å². The number of rotatable bonds is 5. The molecule has 0 saturated heterocycles. The van der Waals surface area contributed by atoms with Crippen molar-refractivity contribution in [2.24, 2.45) is 11.8 Å². The number of aliphatic hydroxyl groups is 1. The van der Waals surface area contributed by atoms with Crippen LogP contribution in [-0.2, 0) is 4.74 Å². The van der Waals surface area contributed by atoms with Gasteiger partial charge in [-0.15, -0.1) is 0 Å². The van der Waals surface area contributed by atoms with Crippen molar-refractivity contribution in [3.8, 4) is 0 Å². The van der Waals surface area contributed by atoms with Crippen LogP contribution in [-0.4, -0.2) is 28.9 Å². The van der Waals surface area contributed by atoms with Crippen molar-refractivity contribution < 1.29 is 14.6 Å². The minimum absolute atomic E-state index is 0.101. The van der Waals surface area contributed by atoms with Crippen LogP contribution >= 0.6 is 0 Å². The van der Waals surface area contributed by atoms with Gasteiger partial charge in [-0.05, 0) is 39.0 Å². The van der Waals surface area contributed by atoms with E-state index in [0.717, 1.165) is 6.42 Å². The number of alkyl carbamates (subject to hydrolysis) is 1. The van der Waals surface area contributed by atoms with Gasteiger partial charge in [-0.3, -0.25) is 0 Å². The predicted octanol–water partition coefficient (Wildman–Crippen LogP) is 2.94. The number of amides is 1. The first kappa shape index (κ1) is 17.2. The monoisotopic (exact) mass is 259 g/mol. The number of carbonyl (C=O) groups excluding carboxylic acids is 1. The van der Waals surface area contributed by atoms with E-state index in [1.807, 2.05) is 34.6 Å². The Hall–Kier alpha value is -0.770. The van der Waals surface area contributed by atoms with Gasteiger partial charge in [-0.1, -0.05) is 27.7 Å². The molecule has 0 saturated carbocycles. The number of hydrogen-bond acceptors (Lipinski definition) is 3. The average Bonchev–Trinajstić information content (AvgIpc) is 2.11. The molecule has 0 heterocycles. The van der Waals surface area contributed by atoms with Crippen LogP contribution in [0.25, 0.3) is 0 Å². The van der Waals surface area contributed by atoms with Crippen LogP contribution in [0.4, 0.5) is 4.79 Å². The quantitative estimate of drug-likeness (QED) is 0.798. The predicted molar refractivity (Wildman–Crippen MR) is 73.5 cm³/mol. The molecule has 0 rings (SSSR count). The minimum Gasteiger partial charge on any atom is -0.444 e. The summed E-state index contributed by atoms with van der Waals surface area (Å²) in [6, 6.07) is -0.264. The second-order valence-corrected chi connectivity index (χ2v) is 6.62. The lowest BCUT2D eigenvalue weighted by molar-refractivity contribution is 0.0329. The van der Waals surface area contributed by atoms with Crippen molar-refractivity contribution in [2.45, 2.75) is 72.6 Å². The molecule has 18 heavy (non-hydrogen) atoms. The Morgan fingerprint density at radius 3 is 2.06 bits per heavy atom. The molecule has 0 spiro atoms. The molecular formula is C14H29NO3. The highest BCUT2D eigenvalue weighted by molar-refractivity contribution is 5.68. The van der Waals surface area contributed by atoms with Crippen LogP contribution in [0.15, 0.2) is 0 Å². The van der Waals surface area contributed by atoms with Crippen molar-refractivity contribution in [2.75, 3.05) is 0 Å². The van der Waals surface area contributed by atoms with Gasteiger partial charge in [0.1, 0.15) is 5.60 Å². The summed E-state index contributed by atoms with van der Waals surface area (Å²) in [5.41, 5.74) is -0.519. The summed E-state index contributed by atoms with van der Waals surface area (Å²) in [4.78, 5) is 11.7. The lowest BCUT2D eigenvalue weighted by Crippen LogP contribution is -2.47. The first-order valence-corrected chi connectivity index (χ1v) is 6.70. The molecule has 0 aliphatic rings. The summed E-state index contributed by atoms with van der Waals surface area (Å²) in [7, 11) is 0. The topological polar surface area (TPSA) is 58.6 Å². The average molecular weight is 259 g/mol. The maximum atomic E-state index is 11.7. The highest BCUT2D eigenvalue weighted by atomic mass is 16.6. The molecule has 0 aromatic heterocycles. The summed E-state index contributed by atoms with van der Waals surface area (Å²) in [5, 5.41) is 12.9. The van der Waals surface area contributed by atoms with Crippen molar-refractivity contribution in [1.29, 1.82) is 0 Å². The maximum absolute atomic E-state index is 11.7. The fraction of sp³-hybridized carbons (Fsp3) is 0.929. The van der Waals surface area contributed by atoms with Gasteiger partial charge in [-0.25, -0.2) is 4.79 Å². The van der Waals surface area contributed by atoms with Crippen LogP contribution < -0.4 is 5.32 Å². The first-order valence-electron chi connectivity index (χ1n) is 6.70. The fourth-order valence-electron chi connectivity index (χ4n) is 1.72. The Labute approximate surface area is 111 Å². The molecule has 0 aliphatic heterocycles. The van der Waals surface area contributed by atoms with E-state index in [1.165, 1.54) is 0 Å². The highest BCUT2D eigenvalue weighted by Crippen LogP contribution is 2.15. The molecule has 0 radical (unpaired) electrons. The Morgan fingerprint density at radius 1 is 1.22 bits per heavy atom. The number of carbonyl (C=O) groups is 1. The molecule has 108 valence electrons. The van der Waals surface area contributed by atoms with Crippen molar-refractivity contribution >= 4 is 6.09 Å². The van der Waals surface area contributed by atoms with Gasteiger partial charge in [0.15, 0.2) is 0 Å². The molecular weight excluding hydrogens is 230 g/mol. The normalized spacial score (nSPS) is 15.7. The largest absolute Gasteiger partial charge is 0.444 e. The smallest absolute Gasteiger partial charge is 0.407 e. The maximum Gasteiger partial charge on any atom is 0.407 e. The second kappa shape index (κ2) is 6.98. The third-order valence-corrected chi connectivity index (χ3v) is 2.52. The molecule has 0 fully saturated rings. The van der Waals surface area contributed by atoms with E-state index < -0.39 is 17.8 Å². The summed E-state index contributed by atoms with van der Waals surface area (Å²) in [6.07, 6.45) is -0.286. The molecule has 0 aliphatic carbocycles. The van der Waals surface area contributed by atoms with Gasteiger partial charge in [-0.2, -0.15) is 0 Å². The van der Waals surface area contributed by atoms with E-state index >= 15 is 0 Å². The molecule has 2 N–H and O–H groups in total. The van der Waals surface area contributed by atoms with Crippen molar-refractivity contribution in [1.82, 2.24) is 5.32 Å². The molecule has 1 amide bonds. The van der Waals surface area contributed by atoms with E-state index in [0.29, 0.717) is 5.92 Å². The van der Waals surface area contributed by atoms with E-state index in [-0.39, 0.29) is 12.0 Å². The SMILES string of the molecule is CC(C)C[C@@H](NC(=O)OC(C)(C)C)C(O)C(C)C. The summed E-state index contributed by atoms with van der Waals surface area (Å²) >= 11 is 0. The van der Waals surface area contributed by atoms with E-state index in [1.54, 1.807) is 0 Å². The molecule has 0 bridgehead atoms. The van der Waals surface area contributed by atoms with Gasteiger partial charge in [0.2, 0.25) is 0 Å². The lowest BCUT2D eigenvalue weighted by Gasteiger charge is -2.29. The van der Waals surface area contributed by atoms with Gasteiger partial charge >= 0.3 is 6.09 Å². The highest BCUT2D eigenvalue weighted by Gasteiger charge is 2.26. The lowest BCUT2D eigenvalue weighted by atomic mass is 9.93. The third-order valence-electron chi connectivity index (χ3n) is 2.52. The van der Waals surface area contributed by atoms with Gasteiger partial charge in [0.05, 0.1) is 12.1 Å². The van der Waals surface area contributed by atoms with Crippen LogP contribution in [0.3, 0.4) is 0 Å². The minimum atomic E-state index is -0.556. The van der Waals surface area contributed by atoms with Crippen LogP contribution in [0.2, 0.25) is 0 Å². The first-order chi connectivity index (χ1) is 8.03. The Morgan fingerprint density at radius 2 is 1.72 bits per heavy atom. The molecule has 4 nitrogen and oxygen atoms in total. The van der Waals surface area contributed by atoms with Crippen molar-refractivity contribution in [3.63, 3.8) is 0 Å². The molecule has 2 atom stereocenters. The molecule has 0 aromatic carbocycles. The van der Waals surface area contributed by atoms with Crippen LogP contribution in [0, 0.1) is 11.8 Å². The zero-order chi connectivity index (χ0) is 14.5. The summed E-state index contributed by atoms with van der Waals surface area (Å²) in [5.74, 6) is 0.502. The number of ether oxygens (including phenoxy) is 1. The van der Waals surface area contributed by atoms with Crippen LogP contribution in [0.1, 0.15) is 54.9 Å². The second-order valence-electron chi connectivity index (χ2n) is 6.62. The van der Waals surface area contributed by atoms with E-state index in [9.17, 15) is 9.90 Å². The Bertz CT molecular complexity index is 256. The van der Waals surface area contributed by atoms with Crippen LogP contribution in [0.5, 0.6) is 0 Å². The number of aliphatic hydroxyl groups excluding tert-OH is 1. The Kier molecular flexibility index (Phi) is 6.68. The molecule has 0 aromatic rings. The standard InChI is InChI=1S/C14H29NO3/c1-9(2)8-11(12(16)10(3)4)15-13(17)18-14(5,6)7/h9-12,16H,8H2,1-7H3,(H,15,17)/t11-,12?/m1/s1. The summed E-state index contributed by atoms with van der Waals surface area (Å²) < 4.78 is 5.22. The molecule has 4 heteroatoms. The van der Waals surface area contributed by atoms with Gasteiger partial charge in [0.25, 0.3) is 0 Å². The number of nitrogens with one attached hydrogen (secondary N) is 1. The third kappa shape index (κ3) is 7.54. The summed E-state index contributed by atoms with van der Waals surface area (Å²) in [6.45, 7) is 13.5. The van der Waals surface area contributed by atoms with Crippen molar-refractivity contribution in [3.05, 3.63) is 0 Å². The van der Waals surface area contributed by atoms with Gasteiger partial charge in [0, 0.05) is 0 Å².